The number of carbonyl (C=O) groups is 1. The number of benzene rings is 1. The molecule has 0 saturated carbocycles. The van der Waals surface area contributed by atoms with E-state index in [9.17, 15) is 4.79 Å². The molecule has 0 bridgehead atoms. The number of aryl methyl sites for hydroxylation is 3. The van der Waals surface area contributed by atoms with Crippen LogP contribution in [0, 0.1) is 20.8 Å². The summed E-state index contributed by atoms with van der Waals surface area (Å²) in [7, 11) is 0. The molecule has 2 heterocycles. The van der Waals surface area contributed by atoms with Crippen LogP contribution in [0.15, 0.2) is 28.7 Å². The van der Waals surface area contributed by atoms with Crippen molar-refractivity contribution in [2.24, 2.45) is 0 Å². The van der Waals surface area contributed by atoms with Gasteiger partial charge in [-0.1, -0.05) is 24.6 Å². The molecular formula is C19H21ClN4O2. The average Bonchev–Trinajstić information content (AvgIpc) is 3.18. The van der Waals surface area contributed by atoms with Crippen LogP contribution in [0.3, 0.4) is 0 Å². The van der Waals surface area contributed by atoms with Gasteiger partial charge >= 0.3 is 0 Å². The summed E-state index contributed by atoms with van der Waals surface area (Å²) in [4.78, 5) is 12.5. The fourth-order valence-electron chi connectivity index (χ4n) is 2.78. The summed E-state index contributed by atoms with van der Waals surface area (Å²) >= 11 is 6.11. The predicted octanol–water partition coefficient (Wildman–Crippen LogP) is 4.32. The molecule has 0 unspecified atom stereocenters. The molecule has 0 atom stereocenters. The number of rotatable bonds is 5. The molecule has 6 nitrogen and oxygen atoms in total. The maximum atomic E-state index is 12.5. The molecule has 136 valence electrons. The van der Waals surface area contributed by atoms with Crippen LogP contribution in [0.25, 0.3) is 11.5 Å². The summed E-state index contributed by atoms with van der Waals surface area (Å²) in [5.74, 6) is 0.948. The van der Waals surface area contributed by atoms with E-state index in [0.717, 1.165) is 22.5 Å². The van der Waals surface area contributed by atoms with Crippen molar-refractivity contribution in [1.29, 1.82) is 0 Å². The molecule has 0 aliphatic rings. The van der Waals surface area contributed by atoms with E-state index in [4.69, 9.17) is 16.0 Å². The molecular weight excluding hydrogens is 352 g/mol. The second kappa shape index (κ2) is 7.33. The number of carbonyl (C=O) groups excluding carboxylic acids is 1. The molecule has 0 aliphatic heterocycles. The zero-order valence-corrected chi connectivity index (χ0v) is 16.0. The summed E-state index contributed by atoms with van der Waals surface area (Å²) in [5, 5.41) is 11.6. The van der Waals surface area contributed by atoms with E-state index in [1.54, 1.807) is 6.07 Å². The van der Waals surface area contributed by atoms with Crippen molar-refractivity contribution in [3.8, 4) is 11.5 Å². The molecule has 0 radical (unpaired) electrons. The summed E-state index contributed by atoms with van der Waals surface area (Å²) in [6.07, 6.45) is 0.688. The number of hydrogen-bond donors (Lipinski definition) is 1. The molecule has 0 fully saturated rings. The lowest BCUT2D eigenvalue weighted by atomic mass is 10.2. The van der Waals surface area contributed by atoms with Crippen molar-refractivity contribution < 1.29 is 9.21 Å². The van der Waals surface area contributed by atoms with E-state index in [1.807, 2.05) is 50.5 Å². The monoisotopic (exact) mass is 372 g/mol. The van der Waals surface area contributed by atoms with Gasteiger partial charge in [0.25, 0.3) is 0 Å². The Morgan fingerprint density at radius 1 is 1.23 bits per heavy atom. The van der Waals surface area contributed by atoms with Crippen molar-refractivity contribution in [3.05, 3.63) is 52.1 Å². The third kappa shape index (κ3) is 3.65. The van der Waals surface area contributed by atoms with Crippen LogP contribution in [0.4, 0.5) is 5.69 Å². The third-order valence-electron chi connectivity index (χ3n) is 4.33. The summed E-state index contributed by atoms with van der Waals surface area (Å²) in [5.41, 5.74) is 4.35. The van der Waals surface area contributed by atoms with Crippen LogP contribution in [0.5, 0.6) is 0 Å². The molecule has 1 amide bonds. The Morgan fingerprint density at radius 3 is 2.65 bits per heavy atom. The van der Waals surface area contributed by atoms with E-state index in [-0.39, 0.29) is 12.5 Å². The minimum atomic E-state index is -0.127. The second-order valence-electron chi connectivity index (χ2n) is 6.24. The SMILES string of the molecule is CCc1nnc(-c2cc(C)n(CC(=O)Nc3ccc(C)c(Cl)c3)c2C)o1. The number of anilines is 1. The van der Waals surface area contributed by atoms with Crippen LogP contribution in [-0.4, -0.2) is 20.7 Å². The third-order valence-corrected chi connectivity index (χ3v) is 4.74. The smallest absolute Gasteiger partial charge is 0.249 e. The van der Waals surface area contributed by atoms with Crippen LogP contribution in [-0.2, 0) is 17.8 Å². The fraction of sp³-hybridized carbons (Fsp3) is 0.316. The van der Waals surface area contributed by atoms with Gasteiger partial charge in [-0.3, -0.25) is 4.79 Å². The van der Waals surface area contributed by atoms with Crippen LogP contribution >= 0.6 is 11.6 Å². The van der Waals surface area contributed by atoms with Gasteiger partial charge in [-0.2, -0.15) is 0 Å². The summed E-state index contributed by atoms with van der Waals surface area (Å²) in [6, 6.07) is 7.42. The number of halogens is 1. The van der Waals surface area contributed by atoms with E-state index in [1.165, 1.54) is 0 Å². The molecule has 0 aliphatic carbocycles. The zero-order chi connectivity index (χ0) is 18.8. The molecule has 2 aromatic heterocycles. The van der Waals surface area contributed by atoms with Gasteiger partial charge in [0, 0.05) is 28.5 Å². The Morgan fingerprint density at radius 2 is 2.00 bits per heavy atom. The fourth-order valence-corrected chi connectivity index (χ4v) is 2.96. The summed E-state index contributed by atoms with van der Waals surface area (Å²) in [6.45, 7) is 7.96. The zero-order valence-electron chi connectivity index (χ0n) is 15.3. The molecule has 7 heteroatoms. The van der Waals surface area contributed by atoms with Gasteiger partial charge in [-0.25, -0.2) is 0 Å². The van der Waals surface area contributed by atoms with Crippen molar-refractivity contribution in [1.82, 2.24) is 14.8 Å². The van der Waals surface area contributed by atoms with E-state index in [2.05, 4.69) is 15.5 Å². The number of nitrogens with zero attached hydrogens (tertiary/aromatic N) is 3. The lowest BCUT2D eigenvalue weighted by Gasteiger charge is -2.11. The van der Waals surface area contributed by atoms with Crippen LogP contribution in [0.1, 0.15) is 29.8 Å². The van der Waals surface area contributed by atoms with Gasteiger partial charge in [0.1, 0.15) is 6.54 Å². The van der Waals surface area contributed by atoms with Gasteiger partial charge in [0.15, 0.2) is 0 Å². The Bertz CT molecular complexity index is 959. The molecule has 3 rings (SSSR count). The highest BCUT2D eigenvalue weighted by Crippen LogP contribution is 2.26. The maximum Gasteiger partial charge on any atom is 0.249 e. The topological polar surface area (TPSA) is 73.0 Å². The Hall–Kier alpha value is -2.60. The first kappa shape index (κ1) is 18.2. The van der Waals surface area contributed by atoms with Crippen molar-refractivity contribution >= 4 is 23.2 Å². The first-order chi connectivity index (χ1) is 12.4. The largest absolute Gasteiger partial charge is 0.421 e. The minimum absolute atomic E-state index is 0.127. The van der Waals surface area contributed by atoms with E-state index < -0.39 is 0 Å². The van der Waals surface area contributed by atoms with Gasteiger partial charge in [0.05, 0.1) is 5.56 Å². The maximum absolute atomic E-state index is 12.5. The second-order valence-corrected chi connectivity index (χ2v) is 6.64. The lowest BCUT2D eigenvalue weighted by Crippen LogP contribution is -2.20. The molecule has 0 spiro atoms. The highest BCUT2D eigenvalue weighted by molar-refractivity contribution is 6.31. The Labute approximate surface area is 157 Å². The standard InChI is InChI=1S/C19H21ClN4O2/c1-5-18-22-23-19(26-18)15-8-12(3)24(13(15)4)10-17(25)21-14-7-6-11(2)16(20)9-14/h6-9H,5,10H2,1-4H3,(H,21,25). The molecule has 0 saturated heterocycles. The lowest BCUT2D eigenvalue weighted by molar-refractivity contribution is -0.116. The van der Waals surface area contributed by atoms with Crippen LogP contribution in [0.2, 0.25) is 5.02 Å². The van der Waals surface area contributed by atoms with Gasteiger partial charge < -0.3 is 14.3 Å². The number of amides is 1. The van der Waals surface area contributed by atoms with Gasteiger partial charge in [-0.05, 0) is 44.5 Å². The quantitative estimate of drug-likeness (QED) is 0.723. The molecule has 1 N–H and O–H groups in total. The molecule has 1 aromatic carbocycles. The van der Waals surface area contributed by atoms with Crippen molar-refractivity contribution in [3.63, 3.8) is 0 Å². The van der Waals surface area contributed by atoms with Crippen LogP contribution < -0.4 is 5.32 Å². The highest BCUT2D eigenvalue weighted by Gasteiger charge is 2.17. The van der Waals surface area contributed by atoms with E-state index >= 15 is 0 Å². The summed E-state index contributed by atoms with van der Waals surface area (Å²) < 4.78 is 7.57. The van der Waals surface area contributed by atoms with Crippen molar-refractivity contribution in [2.75, 3.05) is 5.32 Å². The minimum Gasteiger partial charge on any atom is -0.421 e. The van der Waals surface area contributed by atoms with Crippen molar-refractivity contribution in [2.45, 2.75) is 40.7 Å². The predicted molar refractivity (Wildman–Crippen MR) is 101 cm³/mol. The normalized spacial score (nSPS) is 11.0. The first-order valence-electron chi connectivity index (χ1n) is 8.44. The number of aromatic nitrogens is 3. The number of nitrogens with one attached hydrogen (secondary N) is 1. The Kier molecular flexibility index (Phi) is 5.13. The first-order valence-corrected chi connectivity index (χ1v) is 8.82. The van der Waals surface area contributed by atoms with Gasteiger partial charge in [-0.15, -0.1) is 10.2 Å². The Balaban J connectivity index is 1.79. The highest BCUT2D eigenvalue weighted by atomic mass is 35.5. The van der Waals surface area contributed by atoms with E-state index in [0.29, 0.717) is 28.9 Å². The molecule has 3 aromatic rings. The van der Waals surface area contributed by atoms with Gasteiger partial charge in [0.2, 0.25) is 17.7 Å². The average molecular weight is 373 g/mol. The number of hydrogen-bond acceptors (Lipinski definition) is 4. The molecule has 26 heavy (non-hydrogen) atoms.